The fraction of sp³-hybridized carbons (Fsp3) is 0.429. The van der Waals surface area contributed by atoms with E-state index >= 15 is 0 Å². The van der Waals surface area contributed by atoms with Gasteiger partial charge in [0.15, 0.2) is 11.0 Å². The molecule has 0 radical (unpaired) electrons. The third kappa shape index (κ3) is 9.98. The molecule has 9 heteroatoms. The number of nitrogens with zero attached hydrogens (tertiary/aromatic N) is 2. The average molecular weight is 446 g/mol. The highest BCUT2D eigenvalue weighted by Gasteiger charge is 2.30. The highest BCUT2D eigenvalue weighted by Crippen LogP contribution is 2.28. The van der Waals surface area contributed by atoms with Crippen LogP contribution in [0.1, 0.15) is 45.7 Å². The number of Topliss-reactive ketones (excluding diaryl/α,β-unsaturated/α-hetero) is 1. The Morgan fingerprint density at radius 1 is 1.13 bits per heavy atom. The number of nitrogens with one attached hydrogen (secondary N) is 1. The van der Waals surface area contributed by atoms with Crippen LogP contribution in [0.3, 0.4) is 0 Å². The Morgan fingerprint density at radius 2 is 1.77 bits per heavy atom. The van der Waals surface area contributed by atoms with E-state index in [4.69, 9.17) is 0 Å². The molecule has 0 aliphatic carbocycles. The van der Waals surface area contributed by atoms with Crippen LogP contribution in [0, 0.1) is 0 Å². The minimum Gasteiger partial charge on any atom is -0.300 e. The third-order valence-electron chi connectivity index (χ3n) is 3.34. The maximum atomic E-state index is 12.5. The summed E-state index contributed by atoms with van der Waals surface area (Å²) < 4.78 is 52.6. The lowest BCUT2D eigenvalue weighted by Crippen LogP contribution is -2.23. The number of alkyl halides is 3. The van der Waals surface area contributed by atoms with E-state index < -0.39 is 22.7 Å². The van der Waals surface area contributed by atoms with Crippen LogP contribution in [0.2, 0.25) is 0 Å². The van der Waals surface area contributed by atoms with Crippen LogP contribution in [0.25, 0.3) is 0 Å². The van der Waals surface area contributed by atoms with E-state index in [0.29, 0.717) is 25.0 Å². The first-order chi connectivity index (χ1) is 14.1. The normalized spacial score (nSPS) is 11.5. The van der Waals surface area contributed by atoms with Crippen molar-refractivity contribution in [2.45, 2.75) is 52.4 Å². The molecule has 0 bridgehead atoms. The molecule has 0 aliphatic rings. The largest absolute Gasteiger partial charge is 0.417 e. The van der Waals surface area contributed by atoms with Crippen molar-refractivity contribution in [3.8, 4) is 0 Å². The predicted molar refractivity (Wildman–Crippen MR) is 115 cm³/mol. The minimum atomic E-state index is -4.49. The summed E-state index contributed by atoms with van der Waals surface area (Å²) in [7, 11) is 0.0156. The van der Waals surface area contributed by atoms with Crippen LogP contribution in [0.4, 0.5) is 18.9 Å². The zero-order valence-electron chi connectivity index (χ0n) is 18.2. The lowest BCUT2D eigenvalue weighted by atomic mass is 10.2. The molecule has 1 aromatic heterocycles. The van der Waals surface area contributed by atoms with Crippen molar-refractivity contribution in [1.29, 1.82) is 0 Å². The van der Waals surface area contributed by atoms with Crippen LogP contribution in [-0.2, 0) is 28.5 Å². The number of aromatic nitrogens is 1. The van der Waals surface area contributed by atoms with Crippen molar-refractivity contribution in [1.82, 2.24) is 9.88 Å². The van der Waals surface area contributed by atoms with Crippen molar-refractivity contribution in [3.05, 3.63) is 53.7 Å². The molecule has 1 aromatic carbocycles. The molecule has 168 valence electrons. The summed E-state index contributed by atoms with van der Waals surface area (Å²) in [4.78, 5) is 16.6. The van der Waals surface area contributed by atoms with Gasteiger partial charge in [-0.3, -0.25) is 14.4 Å². The fourth-order valence-corrected chi connectivity index (χ4v) is 3.08. The number of pyridine rings is 1. The number of ketones is 1. The Hall–Kier alpha value is -2.26. The van der Waals surface area contributed by atoms with Crippen LogP contribution in [-0.4, -0.2) is 33.5 Å². The molecule has 0 amide bonds. The number of hydrogen-bond donors (Lipinski definition) is 1. The van der Waals surface area contributed by atoms with Crippen molar-refractivity contribution in [3.63, 3.8) is 0 Å². The van der Waals surface area contributed by atoms with Crippen molar-refractivity contribution in [2.75, 3.05) is 18.3 Å². The van der Waals surface area contributed by atoms with E-state index in [9.17, 15) is 22.2 Å². The van der Waals surface area contributed by atoms with Gasteiger partial charge in [-0.25, -0.2) is 9.19 Å². The summed E-state index contributed by atoms with van der Waals surface area (Å²) >= 11 is 0. The molecular weight excluding hydrogens is 415 g/mol. The van der Waals surface area contributed by atoms with E-state index in [0.717, 1.165) is 17.7 Å². The lowest BCUT2D eigenvalue weighted by molar-refractivity contribution is -0.137. The highest BCUT2D eigenvalue weighted by molar-refractivity contribution is 7.86. The second kappa shape index (κ2) is 13.9. The van der Waals surface area contributed by atoms with Gasteiger partial charge in [0.2, 0.25) is 0 Å². The first kappa shape index (κ1) is 27.7. The minimum absolute atomic E-state index is 0.00268. The van der Waals surface area contributed by atoms with Crippen LogP contribution in [0.5, 0.6) is 0 Å². The number of halogens is 3. The summed E-state index contributed by atoms with van der Waals surface area (Å²) in [5.41, 5.74) is 0.545. The van der Waals surface area contributed by atoms with E-state index in [1.807, 2.05) is 45.7 Å². The molecule has 0 spiro atoms. The quantitative estimate of drug-likeness (QED) is 0.628. The van der Waals surface area contributed by atoms with Gasteiger partial charge in [0.05, 0.1) is 12.1 Å². The number of carbonyl (C=O) groups is 1. The van der Waals surface area contributed by atoms with Gasteiger partial charge in [-0.2, -0.15) is 13.2 Å². The molecule has 2 aromatic rings. The van der Waals surface area contributed by atoms with E-state index in [1.54, 1.807) is 18.2 Å². The predicted octanol–water partition coefficient (Wildman–Crippen LogP) is 5.31. The van der Waals surface area contributed by atoms with Gasteiger partial charge in [-0.05, 0) is 43.8 Å². The summed E-state index contributed by atoms with van der Waals surface area (Å²) in [5.74, 6) is 0.0521. The van der Waals surface area contributed by atoms with Gasteiger partial charge in [0.1, 0.15) is 10.8 Å². The first-order valence-corrected chi connectivity index (χ1v) is 10.8. The second-order valence-corrected chi connectivity index (χ2v) is 6.99. The lowest BCUT2D eigenvalue weighted by Gasteiger charge is -2.15. The molecule has 2 rings (SSSR count). The monoisotopic (exact) mass is 445 g/mol. The Bertz CT molecular complexity index is 797. The average Bonchev–Trinajstić information content (AvgIpc) is 2.70. The van der Waals surface area contributed by atoms with E-state index in [1.165, 1.54) is 6.92 Å². The Morgan fingerprint density at radius 3 is 2.27 bits per heavy atom. The maximum absolute atomic E-state index is 12.5. The molecule has 0 saturated heterocycles. The summed E-state index contributed by atoms with van der Waals surface area (Å²) in [6.07, 6.45) is -3.83. The van der Waals surface area contributed by atoms with Crippen LogP contribution < -0.4 is 4.72 Å². The van der Waals surface area contributed by atoms with Gasteiger partial charge in [0, 0.05) is 18.4 Å². The SMILES string of the molecule is CC.CC.CC(=O)CN(C)Cc1cccc(NS(=O)c2ccc(C(F)(F)F)cn2)c1. The van der Waals surface area contributed by atoms with E-state index in [-0.39, 0.29) is 10.8 Å². The van der Waals surface area contributed by atoms with Gasteiger partial charge in [0.25, 0.3) is 0 Å². The number of anilines is 1. The molecule has 1 atom stereocenters. The number of carbonyl (C=O) groups excluding carboxylic acids is 1. The highest BCUT2D eigenvalue weighted by atomic mass is 32.2. The summed E-state index contributed by atoms with van der Waals surface area (Å²) in [6, 6.07) is 9.00. The third-order valence-corrected chi connectivity index (χ3v) is 4.38. The molecule has 0 fully saturated rings. The first-order valence-electron chi connectivity index (χ1n) is 9.64. The van der Waals surface area contributed by atoms with Crippen LogP contribution in [0.15, 0.2) is 47.6 Å². The van der Waals surface area contributed by atoms with Crippen molar-refractivity contribution in [2.24, 2.45) is 0 Å². The number of hydrogen-bond acceptors (Lipinski definition) is 4. The number of benzene rings is 1. The Balaban J connectivity index is 0.00000198. The van der Waals surface area contributed by atoms with Crippen molar-refractivity contribution < 1.29 is 22.2 Å². The zero-order chi connectivity index (χ0) is 23.3. The number of likely N-dealkylation sites (N-methyl/N-ethyl adjacent to an activating group) is 1. The summed E-state index contributed by atoms with van der Waals surface area (Å²) in [5, 5.41) is -0.00268. The van der Waals surface area contributed by atoms with Gasteiger partial charge < -0.3 is 0 Å². The fourth-order valence-electron chi connectivity index (χ4n) is 2.30. The molecule has 1 unspecified atom stereocenters. The maximum Gasteiger partial charge on any atom is 0.417 e. The molecule has 1 N–H and O–H groups in total. The Kier molecular flexibility index (Phi) is 12.8. The molecule has 5 nitrogen and oxygen atoms in total. The molecular formula is C21H30F3N3O2S. The smallest absolute Gasteiger partial charge is 0.300 e. The van der Waals surface area contributed by atoms with Gasteiger partial charge in [-0.15, -0.1) is 0 Å². The van der Waals surface area contributed by atoms with Gasteiger partial charge >= 0.3 is 6.18 Å². The molecule has 0 aliphatic heterocycles. The van der Waals surface area contributed by atoms with E-state index in [2.05, 4.69) is 9.71 Å². The molecule has 0 saturated carbocycles. The molecule has 30 heavy (non-hydrogen) atoms. The van der Waals surface area contributed by atoms with Crippen molar-refractivity contribution >= 4 is 22.5 Å². The standard InChI is InChI=1S/C17H18F3N3O2S.2C2H6/c1-12(24)10-23(2)11-13-4-3-5-15(8-13)22-26(25)16-7-6-14(9-21-16)17(18,19)20;2*1-2/h3-9,22H,10-11H2,1-2H3;2*1-2H3. The number of rotatable bonds is 7. The van der Waals surface area contributed by atoms with Gasteiger partial charge in [-0.1, -0.05) is 39.8 Å². The zero-order valence-corrected chi connectivity index (χ0v) is 19.0. The summed E-state index contributed by atoms with van der Waals surface area (Å²) in [6.45, 7) is 10.4. The molecule has 1 heterocycles. The van der Waals surface area contributed by atoms with Crippen LogP contribution >= 0.6 is 0 Å². The Labute approximate surface area is 179 Å². The second-order valence-electron chi connectivity index (χ2n) is 5.83. The topological polar surface area (TPSA) is 62.3 Å².